The lowest BCUT2D eigenvalue weighted by Crippen LogP contribution is -2.31. The predicted molar refractivity (Wildman–Crippen MR) is 94.0 cm³/mol. The van der Waals surface area contributed by atoms with Crippen LogP contribution < -0.4 is 5.32 Å². The summed E-state index contributed by atoms with van der Waals surface area (Å²) in [5, 5.41) is 2.68. The Balaban J connectivity index is 2.61. The van der Waals surface area contributed by atoms with Gasteiger partial charge in [-0.1, -0.05) is 26.0 Å². The smallest absolute Gasteiger partial charge is 0.339 e. The number of hydrogen-bond donors (Lipinski definition) is 1. The molecule has 132 valence electrons. The number of thioether (sulfide) groups is 1. The van der Waals surface area contributed by atoms with Crippen molar-refractivity contribution in [3.63, 3.8) is 0 Å². The van der Waals surface area contributed by atoms with Crippen LogP contribution in [0.25, 0.3) is 0 Å². The minimum absolute atomic E-state index is 0.0452. The Hall–Kier alpha value is -2.02. The third kappa shape index (κ3) is 7.04. The van der Waals surface area contributed by atoms with Gasteiger partial charge >= 0.3 is 5.97 Å². The van der Waals surface area contributed by atoms with Crippen LogP contribution in [0, 0.1) is 5.92 Å². The average molecular weight is 352 g/mol. The molecular formula is C17H24N2O4S. The number of esters is 1. The highest BCUT2D eigenvalue weighted by Gasteiger charge is 2.16. The van der Waals surface area contributed by atoms with Crippen LogP contribution >= 0.6 is 11.8 Å². The zero-order valence-electron chi connectivity index (χ0n) is 14.5. The summed E-state index contributed by atoms with van der Waals surface area (Å²) in [4.78, 5) is 37.6. The predicted octanol–water partition coefficient (Wildman–Crippen LogP) is 1.80. The fourth-order valence-electron chi connectivity index (χ4n) is 1.61. The lowest BCUT2D eigenvalue weighted by molar-refractivity contribution is -0.126. The highest BCUT2D eigenvalue weighted by molar-refractivity contribution is 8.00. The fraction of sp³-hybridized carbons (Fsp3) is 0.471. The van der Waals surface area contributed by atoms with Crippen molar-refractivity contribution in [1.82, 2.24) is 10.2 Å². The van der Waals surface area contributed by atoms with Crippen LogP contribution in [0.2, 0.25) is 0 Å². The van der Waals surface area contributed by atoms with E-state index in [4.69, 9.17) is 4.74 Å². The first kappa shape index (κ1) is 20.0. The molecule has 0 aliphatic carbocycles. The van der Waals surface area contributed by atoms with E-state index in [0.29, 0.717) is 22.9 Å². The number of rotatable bonds is 8. The van der Waals surface area contributed by atoms with Gasteiger partial charge in [-0.25, -0.2) is 4.79 Å². The maximum absolute atomic E-state index is 12.2. The van der Waals surface area contributed by atoms with Gasteiger partial charge < -0.3 is 15.0 Å². The topological polar surface area (TPSA) is 75.7 Å². The minimum Gasteiger partial charge on any atom is -0.452 e. The van der Waals surface area contributed by atoms with Crippen LogP contribution in [0.5, 0.6) is 0 Å². The molecule has 1 N–H and O–H groups in total. The molecular weight excluding hydrogens is 328 g/mol. The van der Waals surface area contributed by atoms with Gasteiger partial charge in [0, 0.05) is 25.5 Å². The molecule has 0 bridgehead atoms. The van der Waals surface area contributed by atoms with E-state index < -0.39 is 5.97 Å². The maximum atomic E-state index is 12.2. The molecule has 7 heteroatoms. The molecule has 0 unspecified atom stereocenters. The van der Waals surface area contributed by atoms with E-state index >= 15 is 0 Å². The van der Waals surface area contributed by atoms with Crippen molar-refractivity contribution in [1.29, 1.82) is 0 Å². The van der Waals surface area contributed by atoms with Crippen molar-refractivity contribution >= 4 is 29.5 Å². The van der Waals surface area contributed by atoms with E-state index in [1.54, 1.807) is 38.4 Å². The van der Waals surface area contributed by atoms with Crippen molar-refractivity contribution < 1.29 is 19.1 Å². The van der Waals surface area contributed by atoms with Gasteiger partial charge in [-0.3, -0.25) is 9.59 Å². The van der Waals surface area contributed by atoms with E-state index in [-0.39, 0.29) is 24.2 Å². The van der Waals surface area contributed by atoms with E-state index in [2.05, 4.69) is 5.32 Å². The van der Waals surface area contributed by atoms with Crippen molar-refractivity contribution in [3.8, 4) is 0 Å². The second-order valence-corrected chi connectivity index (χ2v) is 6.86. The van der Waals surface area contributed by atoms with Gasteiger partial charge in [0.15, 0.2) is 6.61 Å². The zero-order valence-corrected chi connectivity index (χ0v) is 15.3. The SMILES string of the molecule is CC(C)CNC(=O)COC(=O)c1ccccc1SCC(=O)N(C)C. The summed E-state index contributed by atoms with van der Waals surface area (Å²) in [6.45, 7) is 4.18. The molecule has 0 saturated carbocycles. The standard InChI is InChI=1S/C17H24N2O4S/c1-12(2)9-18-15(20)10-23-17(22)13-7-5-6-8-14(13)24-11-16(21)19(3)4/h5-8,12H,9-11H2,1-4H3,(H,18,20). The number of benzene rings is 1. The zero-order chi connectivity index (χ0) is 18.1. The number of nitrogens with zero attached hydrogens (tertiary/aromatic N) is 1. The van der Waals surface area contributed by atoms with Crippen LogP contribution in [0.4, 0.5) is 0 Å². The molecule has 0 aromatic heterocycles. The van der Waals surface area contributed by atoms with Gasteiger partial charge in [0.2, 0.25) is 5.91 Å². The van der Waals surface area contributed by atoms with Crippen LogP contribution in [-0.4, -0.2) is 55.7 Å². The molecule has 0 saturated heterocycles. The Bertz CT molecular complexity index is 588. The highest BCUT2D eigenvalue weighted by atomic mass is 32.2. The number of carbonyl (C=O) groups is 3. The lowest BCUT2D eigenvalue weighted by atomic mass is 10.2. The van der Waals surface area contributed by atoms with E-state index in [0.717, 1.165) is 0 Å². The first-order valence-corrected chi connectivity index (χ1v) is 8.65. The van der Waals surface area contributed by atoms with Crippen LogP contribution in [0.3, 0.4) is 0 Å². The summed E-state index contributed by atoms with van der Waals surface area (Å²) in [5.41, 5.74) is 0.353. The largest absolute Gasteiger partial charge is 0.452 e. The second-order valence-electron chi connectivity index (χ2n) is 5.85. The van der Waals surface area contributed by atoms with Gasteiger partial charge in [0.25, 0.3) is 5.91 Å². The average Bonchev–Trinajstić information content (AvgIpc) is 2.55. The number of hydrogen-bond acceptors (Lipinski definition) is 5. The first-order valence-electron chi connectivity index (χ1n) is 7.67. The summed E-state index contributed by atoms with van der Waals surface area (Å²) < 4.78 is 5.06. The van der Waals surface area contributed by atoms with Crippen LogP contribution in [0.15, 0.2) is 29.2 Å². The normalized spacial score (nSPS) is 10.4. The molecule has 1 aromatic carbocycles. The number of ether oxygens (including phenoxy) is 1. The Morgan fingerprint density at radius 3 is 2.50 bits per heavy atom. The van der Waals surface area contributed by atoms with E-state index in [9.17, 15) is 14.4 Å². The second kappa shape index (κ2) is 9.97. The number of carbonyl (C=O) groups excluding carboxylic acids is 3. The molecule has 0 spiro atoms. The molecule has 2 amide bonds. The molecule has 0 aliphatic rings. The number of amides is 2. The van der Waals surface area contributed by atoms with Crippen molar-refractivity contribution in [3.05, 3.63) is 29.8 Å². The minimum atomic E-state index is -0.574. The third-order valence-electron chi connectivity index (χ3n) is 3.00. The molecule has 0 fully saturated rings. The van der Waals surface area contributed by atoms with Gasteiger partial charge in [-0.15, -0.1) is 11.8 Å². The quantitative estimate of drug-likeness (QED) is 0.570. The third-order valence-corrected chi connectivity index (χ3v) is 4.06. The Kier molecular flexibility index (Phi) is 8.32. The Morgan fingerprint density at radius 2 is 1.88 bits per heavy atom. The Labute approximate surface area is 146 Å². The Morgan fingerprint density at radius 1 is 1.21 bits per heavy atom. The van der Waals surface area contributed by atoms with Crippen LogP contribution in [0.1, 0.15) is 24.2 Å². The maximum Gasteiger partial charge on any atom is 0.339 e. The molecule has 0 radical (unpaired) electrons. The first-order chi connectivity index (χ1) is 11.3. The summed E-state index contributed by atoms with van der Waals surface area (Å²) >= 11 is 1.27. The van der Waals surface area contributed by atoms with Crippen molar-refractivity contribution in [2.24, 2.45) is 5.92 Å². The van der Waals surface area contributed by atoms with Gasteiger partial charge in [0.05, 0.1) is 11.3 Å². The van der Waals surface area contributed by atoms with Crippen molar-refractivity contribution in [2.75, 3.05) is 33.0 Å². The monoisotopic (exact) mass is 352 g/mol. The van der Waals surface area contributed by atoms with E-state index in [1.165, 1.54) is 16.7 Å². The van der Waals surface area contributed by atoms with Gasteiger partial charge in [-0.05, 0) is 18.1 Å². The van der Waals surface area contributed by atoms with Gasteiger partial charge in [-0.2, -0.15) is 0 Å². The molecule has 0 atom stereocenters. The van der Waals surface area contributed by atoms with Crippen LogP contribution in [-0.2, 0) is 14.3 Å². The number of nitrogens with one attached hydrogen (secondary N) is 1. The van der Waals surface area contributed by atoms with Gasteiger partial charge in [0.1, 0.15) is 0 Å². The molecule has 1 rings (SSSR count). The highest BCUT2D eigenvalue weighted by Crippen LogP contribution is 2.23. The molecule has 24 heavy (non-hydrogen) atoms. The molecule has 0 aliphatic heterocycles. The summed E-state index contributed by atoms with van der Waals surface area (Å²) in [5.74, 6) is -0.390. The summed E-state index contributed by atoms with van der Waals surface area (Å²) in [7, 11) is 3.36. The summed E-state index contributed by atoms with van der Waals surface area (Å²) in [6, 6.07) is 6.88. The lowest BCUT2D eigenvalue weighted by Gasteiger charge is -2.12. The molecule has 6 nitrogen and oxygen atoms in total. The van der Waals surface area contributed by atoms with E-state index in [1.807, 2.05) is 13.8 Å². The fourth-order valence-corrected chi connectivity index (χ4v) is 2.63. The molecule has 1 aromatic rings. The van der Waals surface area contributed by atoms with Crippen molar-refractivity contribution in [2.45, 2.75) is 18.7 Å². The summed E-state index contributed by atoms with van der Waals surface area (Å²) in [6.07, 6.45) is 0. The molecule has 0 heterocycles.